The van der Waals surface area contributed by atoms with E-state index in [4.69, 9.17) is 9.47 Å². The van der Waals surface area contributed by atoms with Gasteiger partial charge in [0, 0.05) is 17.3 Å². The maximum Gasteiger partial charge on any atom is 0.337 e. The van der Waals surface area contributed by atoms with Crippen LogP contribution in [0.15, 0.2) is 85.1 Å². The summed E-state index contributed by atoms with van der Waals surface area (Å²) in [7, 11) is 1.36. The molecular weight excluding hydrogens is 374 g/mol. The second kappa shape index (κ2) is 9.70. The van der Waals surface area contributed by atoms with Crippen molar-refractivity contribution in [2.24, 2.45) is 0 Å². The fourth-order valence-corrected chi connectivity index (χ4v) is 3.12. The van der Waals surface area contributed by atoms with E-state index in [0.29, 0.717) is 23.5 Å². The molecule has 30 heavy (non-hydrogen) atoms. The van der Waals surface area contributed by atoms with E-state index in [9.17, 15) is 4.79 Å². The topological polar surface area (TPSA) is 48.4 Å². The first-order valence-corrected chi connectivity index (χ1v) is 9.69. The number of ether oxygens (including phenoxy) is 2. The molecule has 0 amide bonds. The van der Waals surface area contributed by atoms with E-state index in [-0.39, 0.29) is 0 Å². The van der Waals surface area contributed by atoms with Gasteiger partial charge in [-0.2, -0.15) is 0 Å². The summed E-state index contributed by atoms with van der Waals surface area (Å²) in [6, 6.07) is 21.7. The molecule has 4 nitrogen and oxygen atoms in total. The summed E-state index contributed by atoms with van der Waals surface area (Å²) >= 11 is 0. The molecule has 3 aromatic rings. The first-order chi connectivity index (χ1) is 14.5. The Bertz CT molecular complexity index is 1070. The SMILES string of the molecule is C=C(C)c1cc(-c2ccccc2)ncc1/C(OCc1ccccc1)=C(\C)C(=O)OC. The molecule has 0 unspecified atom stereocenters. The third-order valence-electron chi connectivity index (χ3n) is 4.74. The number of methoxy groups -OCH3 is 1. The molecule has 4 heteroatoms. The zero-order valence-electron chi connectivity index (χ0n) is 17.5. The van der Waals surface area contributed by atoms with Crippen LogP contribution in [0.5, 0.6) is 0 Å². The third kappa shape index (κ3) is 4.84. The number of benzene rings is 2. The van der Waals surface area contributed by atoms with Gasteiger partial charge in [0.05, 0.1) is 18.4 Å². The van der Waals surface area contributed by atoms with Crippen LogP contribution in [-0.2, 0) is 20.9 Å². The third-order valence-corrected chi connectivity index (χ3v) is 4.74. The maximum atomic E-state index is 12.3. The average Bonchev–Trinajstić information content (AvgIpc) is 2.79. The van der Waals surface area contributed by atoms with Gasteiger partial charge in [0.15, 0.2) is 0 Å². The molecule has 2 aromatic carbocycles. The molecule has 3 rings (SSSR count). The van der Waals surface area contributed by atoms with Crippen molar-refractivity contribution in [3.05, 3.63) is 102 Å². The highest BCUT2D eigenvalue weighted by molar-refractivity contribution is 5.96. The normalized spacial score (nSPS) is 11.4. The van der Waals surface area contributed by atoms with Crippen LogP contribution in [0.2, 0.25) is 0 Å². The van der Waals surface area contributed by atoms with E-state index in [0.717, 1.165) is 28.0 Å². The van der Waals surface area contributed by atoms with Gasteiger partial charge in [0.2, 0.25) is 0 Å². The number of rotatable bonds is 7. The fraction of sp³-hybridized carbons (Fsp3) is 0.154. The quantitative estimate of drug-likeness (QED) is 0.282. The number of nitrogens with zero attached hydrogens (tertiary/aromatic N) is 1. The summed E-state index contributed by atoms with van der Waals surface area (Å²) in [6.07, 6.45) is 1.74. The first-order valence-electron chi connectivity index (χ1n) is 9.69. The van der Waals surface area contributed by atoms with Crippen LogP contribution in [-0.4, -0.2) is 18.1 Å². The van der Waals surface area contributed by atoms with Gasteiger partial charge in [0.1, 0.15) is 12.4 Å². The first kappa shape index (κ1) is 21.1. The van der Waals surface area contributed by atoms with Crippen LogP contribution in [0.3, 0.4) is 0 Å². The van der Waals surface area contributed by atoms with E-state index in [1.807, 2.05) is 73.7 Å². The second-order valence-corrected chi connectivity index (χ2v) is 6.98. The van der Waals surface area contributed by atoms with Crippen molar-refractivity contribution in [1.82, 2.24) is 4.98 Å². The van der Waals surface area contributed by atoms with Gasteiger partial charge in [-0.25, -0.2) is 4.79 Å². The van der Waals surface area contributed by atoms with Crippen molar-refractivity contribution in [1.29, 1.82) is 0 Å². The fourth-order valence-electron chi connectivity index (χ4n) is 3.12. The molecule has 0 bridgehead atoms. The van der Waals surface area contributed by atoms with Crippen molar-refractivity contribution >= 4 is 17.3 Å². The number of allylic oxidation sites excluding steroid dienone is 1. The Morgan fingerprint density at radius 1 is 0.967 bits per heavy atom. The predicted molar refractivity (Wildman–Crippen MR) is 120 cm³/mol. The zero-order valence-corrected chi connectivity index (χ0v) is 17.5. The lowest BCUT2D eigenvalue weighted by molar-refractivity contribution is -0.136. The molecule has 0 N–H and O–H groups in total. The van der Waals surface area contributed by atoms with Gasteiger partial charge in [-0.3, -0.25) is 4.98 Å². The van der Waals surface area contributed by atoms with Crippen LogP contribution in [0.25, 0.3) is 22.6 Å². The Balaban J connectivity index is 2.07. The Morgan fingerprint density at radius 3 is 2.20 bits per heavy atom. The molecule has 152 valence electrons. The minimum absolute atomic E-state index is 0.320. The number of carbonyl (C=O) groups is 1. The largest absolute Gasteiger partial charge is 0.488 e. The number of aromatic nitrogens is 1. The molecule has 0 radical (unpaired) electrons. The lowest BCUT2D eigenvalue weighted by atomic mass is 9.98. The molecule has 0 fully saturated rings. The highest BCUT2D eigenvalue weighted by atomic mass is 16.5. The van der Waals surface area contributed by atoms with E-state index in [2.05, 4.69) is 11.6 Å². The maximum absolute atomic E-state index is 12.3. The summed E-state index contributed by atoms with van der Waals surface area (Å²) in [6.45, 7) is 8.06. The smallest absolute Gasteiger partial charge is 0.337 e. The highest BCUT2D eigenvalue weighted by Crippen LogP contribution is 2.31. The molecule has 0 atom stereocenters. The molecule has 1 aromatic heterocycles. The van der Waals surface area contributed by atoms with E-state index in [1.54, 1.807) is 13.1 Å². The van der Waals surface area contributed by atoms with Crippen LogP contribution in [0, 0.1) is 0 Å². The lowest BCUT2D eigenvalue weighted by Crippen LogP contribution is -2.09. The molecule has 0 saturated heterocycles. The average molecular weight is 399 g/mol. The van der Waals surface area contributed by atoms with Crippen LogP contribution in [0.4, 0.5) is 0 Å². The predicted octanol–water partition coefficient (Wildman–Crippen LogP) is 5.90. The minimum atomic E-state index is -0.446. The van der Waals surface area contributed by atoms with Crippen LogP contribution in [0.1, 0.15) is 30.5 Å². The number of hydrogen-bond acceptors (Lipinski definition) is 4. The van der Waals surface area contributed by atoms with Gasteiger partial charge in [0.25, 0.3) is 0 Å². The van der Waals surface area contributed by atoms with Crippen molar-refractivity contribution < 1.29 is 14.3 Å². The van der Waals surface area contributed by atoms with E-state index in [1.165, 1.54) is 7.11 Å². The Hall–Kier alpha value is -3.66. The summed E-state index contributed by atoms with van der Waals surface area (Å²) in [5.41, 5.74) is 5.64. The molecular formula is C26H25NO3. The summed E-state index contributed by atoms with van der Waals surface area (Å²) < 4.78 is 11.1. The number of carbonyl (C=O) groups excluding carboxylic acids is 1. The van der Waals surface area contributed by atoms with E-state index < -0.39 is 5.97 Å². The summed E-state index contributed by atoms with van der Waals surface area (Å²) in [4.78, 5) is 16.9. The Kier molecular flexibility index (Phi) is 6.81. The second-order valence-electron chi connectivity index (χ2n) is 6.98. The number of esters is 1. The van der Waals surface area contributed by atoms with Crippen LogP contribution >= 0.6 is 0 Å². The number of pyridine rings is 1. The molecule has 0 saturated carbocycles. The minimum Gasteiger partial charge on any atom is -0.488 e. The van der Waals surface area contributed by atoms with Crippen molar-refractivity contribution in [3.8, 4) is 11.3 Å². The van der Waals surface area contributed by atoms with Crippen molar-refractivity contribution in [2.75, 3.05) is 7.11 Å². The molecule has 0 aliphatic carbocycles. The molecule has 0 spiro atoms. The zero-order chi connectivity index (χ0) is 21.5. The summed E-state index contributed by atoms with van der Waals surface area (Å²) in [5.74, 6) is -0.00585. The molecule has 0 aliphatic rings. The van der Waals surface area contributed by atoms with E-state index >= 15 is 0 Å². The van der Waals surface area contributed by atoms with Crippen LogP contribution < -0.4 is 0 Å². The summed E-state index contributed by atoms with van der Waals surface area (Å²) in [5, 5.41) is 0. The van der Waals surface area contributed by atoms with Gasteiger partial charge in [-0.15, -0.1) is 0 Å². The van der Waals surface area contributed by atoms with Gasteiger partial charge in [-0.05, 0) is 31.0 Å². The Morgan fingerprint density at radius 2 is 1.60 bits per heavy atom. The highest BCUT2D eigenvalue weighted by Gasteiger charge is 2.20. The lowest BCUT2D eigenvalue weighted by Gasteiger charge is -2.18. The van der Waals surface area contributed by atoms with Gasteiger partial charge >= 0.3 is 5.97 Å². The van der Waals surface area contributed by atoms with Gasteiger partial charge in [-0.1, -0.05) is 72.8 Å². The number of hydrogen-bond donors (Lipinski definition) is 0. The Labute approximate surface area is 177 Å². The van der Waals surface area contributed by atoms with Gasteiger partial charge < -0.3 is 9.47 Å². The standard InChI is InChI=1S/C26H25NO3/c1-18(2)22-15-24(21-13-9-6-10-14-21)27-16-23(22)25(19(3)26(28)29-4)30-17-20-11-7-5-8-12-20/h5-16H,1,17H2,2-4H3/b25-19-. The van der Waals surface area contributed by atoms with Crippen molar-refractivity contribution in [3.63, 3.8) is 0 Å². The molecule has 0 aliphatic heterocycles. The molecule has 1 heterocycles. The monoisotopic (exact) mass is 399 g/mol. The van der Waals surface area contributed by atoms with Crippen molar-refractivity contribution in [2.45, 2.75) is 20.5 Å².